The zero-order valence-electron chi connectivity index (χ0n) is 17.5. The summed E-state index contributed by atoms with van der Waals surface area (Å²) in [7, 11) is 0. The third-order valence-corrected chi connectivity index (χ3v) is 6.67. The average molecular weight is 443 g/mol. The van der Waals surface area contributed by atoms with Crippen LogP contribution in [0, 0.1) is 0 Å². The van der Waals surface area contributed by atoms with Crippen LogP contribution in [0.5, 0.6) is 0 Å². The second kappa shape index (κ2) is 8.96. The molecule has 0 radical (unpaired) electrons. The molecule has 1 amide bonds. The molecule has 6 nitrogen and oxygen atoms in total. The minimum atomic E-state index is -0.284. The Bertz CT molecular complexity index is 1350. The van der Waals surface area contributed by atoms with Crippen LogP contribution in [0.25, 0.3) is 10.8 Å². The van der Waals surface area contributed by atoms with Crippen molar-refractivity contribution >= 4 is 34.1 Å². The van der Waals surface area contributed by atoms with Crippen LogP contribution < -0.4 is 11.0 Å². The SMILES string of the molecule is O=C(CSc1nc(=O)n(Cc2ccccn2)c2c1CCC2)Nc1cccc2ccccc12. The van der Waals surface area contributed by atoms with Gasteiger partial charge in [0.1, 0.15) is 5.03 Å². The van der Waals surface area contributed by atoms with Gasteiger partial charge in [0.2, 0.25) is 5.91 Å². The summed E-state index contributed by atoms with van der Waals surface area (Å²) in [6.07, 6.45) is 4.43. The lowest BCUT2D eigenvalue weighted by Crippen LogP contribution is -2.28. The number of rotatable bonds is 6. The molecule has 0 unspecified atom stereocenters. The smallest absolute Gasteiger partial charge is 0.325 e. The Morgan fingerprint density at radius 1 is 1.03 bits per heavy atom. The van der Waals surface area contributed by atoms with Crippen LogP contribution in [0.15, 0.2) is 76.7 Å². The second-order valence-electron chi connectivity index (χ2n) is 7.75. The summed E-state index contributed by atoms with van der Waals surface area (Å²) in [5.74, 6) is 0.0874. The van der Waals surface area contributed by atoms with E-state index in [0.717, 1.165) is 52.7 Å². The summed E-state index contributed by atoms with van der Waals surface area (Å²) < 4.78 is 1.73. The number of pyridine rings is 1. The van der Waals surface area contributed by atoms with Crippen molar-refractivity contribution in [2.45, 2.75) is 30.8 Å². The van der Waals surface area contributed by atoms with Crippen LogP contribution in [0.4, 0.5) is 5.69 Å². The maximum atomic E-state index is 12.8. The van der Waals surface area contributed by atoms with Gasteiger partial charge in [-0.25, -0.2) is 4.79 Å². The van der Waals surface area contributed by atoms with Gasteiger partial charge in [-0.05, 0) is 42.8 Å². The minimum absolute atomic E-state index is 0.113. The van der Waals surface area contributed by atoms with Gasteiger partial charge in [0.25, 0.3) is 0 Å². The lowest BCUT2D eigenvalue weighted by Gasteiger charge is -2.14. The molecule has 32 heavy (non-hydrogen) atoms. The Balaban J connectivity index is 1.33. The van der Waals surface area contributed by atoms with Gasteiger partial charge in [0.15, 0.2) is 0 Å². The Labute approximate surface area is 189 Å². The highest BCUT2D eigenvalue weighted by Crippen LogP contribution is 2.30. The van der Waals surface area contributed by atoms with Crippen molar-refractivity contribution in [3.8, 4) is 0 Å². The van der Waals surface area contributed by atoms with E-state index in [2.05, 4.69) is 15.3 Å². The topological polar surface area (TPSA) is 76.9 Å². The fourth-order valence-corrected chi connectivity index (χ4v) is 5.05. The predicted octanol–water partition coefficient (Wildman–Crippen LogP) is 4.06. The first kappa shape index (κ1) is 20.5. The van der Waals surface area contributed by atoms with Crippen LogP contribution in [-0.2, 0) is 24.2 Å². The monoisotopic (exact) mass is 442 g/mol. The third-order valence-electron chi connectivity index (χ3n) is 5.65. The lowest BCUT2D eigenvalue weighted by atomic mass is 10.1. The highest BCUT2D eigenvalue weighted by atomic mass is 32.2. The number of carbonyl (C=O) groups excluding carboxylic acids is 1. The standard InChI is InChI=1S/C25H22N4O2S/c30-23(27-21-12-5-8-17-7-1-2-10-19(17)21)16-32-24-20-11-6-13-22(20)29(25(31)28-24)15-18-9-3-4-14-26-18/h1-5,7-10,12,14H,6,11,13,15-16H2,(H,27,30). The summed E-state index contributed by atoms with van der Waals surface area (Å²) in [5.41, 5.74) is 3.45. The molecule has 160 valence electrons. The number of anilines is 1. The molecule has 1 aliphatic carbocycles. The largest absolute Gasteiger partial charge is 0.349 e. The van der Waals surface area contributed by atoms with E-state index in [1.54, 1.807) is 10.8 Å². The van der Waals surface area contributed by atoms with Gasteiger partial charge < -0.3 is 5.32 Å². The van der Waals surface area contributed by atoms with Crippen molar-refractivity contribution in [3.05, 3.63) is 94.3 Å². The van der Waals surface area contributed by atoms with Crippen LogP contribution in [0.2, 0.25) is 0 Å². The van der Waals surface area contributed by atoms with Gasteiger partial charge in [-0.15, -0.1) is 0 Å². The molecule has 1 aliphatic rings. The van der Waals surface area contributed by atoms with E-state index in [1.807, 2.05) is 60.7 Å². The normalized spacial score (nSPS) is 12.6. The first-order valence-electron chi connectivity index (χ1n) is 10.6. The number of nitrogens with zero attached hydrogens (tertiary/aromatic N) is 3. The summed E-state index contributed by atoms with van der Waals surface area (Å²) >= 11 is 1.34. The summed E-state index contributed by atoms with van der Waals surface area (Å²) in [5, 5.41) is 5.76. The first-order chi connectivity index (χ1) is 15.7. The van der Waals surface area contributed by atoms with Gasteiger partial charge in [0, 0.05) is 28.5 Å². The average Bonchev–Trinajstić information content (AvgIpc) is 3.31. The number of hydrogen-bond donors (Lipinski definition) is 1. The molecule has 2 aromatic carbocycles. The highest BCUT2D eigenvalue weighted by molar-refractivity contribution is 8.00. The number of hydrogen-bond acceptors (Lipinski definition) is 5. The number of thioether (sulfide) groups is 1. The highest BCUT2D eigenvalue weighted by Gasteiger charge is 2.23. The van der Waals surface area contributed by atoms with E-state index in [9.17, 15) is 9.59 Å². The molecular weight excluding hydrogens is 420 g/mol. The molecule has 2 heterocycles. The molecule has 0 atom stereocenters. The zero-order valence-corrected chi connectivity index (χ0v) is 18.3. The van der Waals surface area contributed by atoms with Gasteiger partial charge in [-0.1, -0.05) is 54.2 Å². The van der Waals surface area contributed by atoms with Crippen molar-refractivity contribution < 1.29 is 4.79 Å². The Hall–Kier alpha value is -3.45. The molecule has 0 aliphatic heterocycles. The van der Waals surface area contributed by atoms with Crippen molar-refractivity contribution in [3.63, 3.8) is 0 Å². The minimum Gasteiger partial charge on any atom is -0.325 e. The molecule has 0 fully saturated rings. The van der Waals surface area contributed by atoms with Crippen molar-refractivity contribution in [2.75, 3.05) is 11.1 Å². The van der Waals surface area contributed by atoms with E-state index in [-0.39, 0.29) is 17.3 Å². The number of aromatic nitrogens is 3. The van der Waals surface area contributed by atoms with E-state index < -0.39 is 0 Å². The number of amides is 1. The summed E-state index contributed by atoms with van der Waals surface area (Å²) in [4.78, 5) is 34.1. The molecule has 0 saturated carbocycles. The number of benzene rings is 2. The fraction of sp³-hybridized carbons (Fsp3) is 0.200. The molecule has 5 rings (SSSR count). The fourth-order valence-electron chi connectivity index (χ4n) is 4.18. The quantitative estimate of drug-likeness (QED) is 0.360. The van der Waals surface area contributed by atoms with E-state index in [4.69, 9.17) is 0 Å². The molecule has 7 heteroatoms. The lowest BCUT2D eigenvalue weighted by molar-refractivity contribution is -0.113. The Morgan fingerprint density at radius 3 is 2.75 bits per heavy atom. The van der Waals surface area contributed by atoms with Gasteiger partial charge >= 0.3 is 5.69 Å². The number of nitrogens with one attached hydrogen (secondary N) is 1. The van der Waals surface area contributed by atoms with Crippen LogP contribution in [0.3, 0.4) is 0 Å². The molecule has 2 aromatic heterocycles. The maximum absolute atomic E-state index is 12.8. The maximum Gasteiger partial charge on any atom is 0.349 e. The van der Waals surface area contributed by atoms with Crippen LogP contribution >= 0.6 is 11.8 Å². The Morgan fingerprint density at radius 2 is 1.88 bits per heavy atom. The molecule has 0 saturated heterocycles. The number of carbonyl (C=O) groups is 1. The van der Waals surface area contributed by atoms with E-state index in [1.165, 1.54) is 11.8 Å². The van der Waals surface area contributed by atoms with Crippen molar-refractivity contribution in [1.82, 2.24) is 14.5 Å². The van der Waals surface area contributed by atoms with Gasteiger partial charge in [0.05, 0.1) is 18.0 Å². The second-order valence-corrected chi connectivity index (χ2v) is 8.71. The summed E-state index contributed by atoms with van der Waals surface area (Å²) in [6, 6.07) is 19.5. The molecule has 0 bridgehead atoms. The number of fused-ring (bicyclic) bond motifs is 2. The van der Waals surface area contributed by atoms with Crippen molar-refractivity contribution in [2.24, 2.45) is 0 Å². The van der Waals surface area contributed by atoms with Crippen LogP contribution in [-0.4, -0.2) is 26.2 Å². The molecular formula is C25H22N4O2S. The zero-order chi connectivity index (χ0) is 21.9. The first-order valence-corrected chi connectivity index (χ1v) is 11.6. The van der Waals surface area contributed by atoms with Crippen LogP contribution in [0.1, 0.15) is 23.4 Å². The molecule has 4 aromatic rings. The van der Waals surface area contributed by atoms with E-state index in [0.29, 0.717) is 11.6 Å². The van der Waals surface area contributed by atoms with E-state index >= 15 is 0 Å². The predicted molar refractivity (Wildman–Crippen MR) is 127 cm³/mol. The Kier molecular flexibility index (Phi) is 5.73. The van der Waals surface area contributed by atoms with Gasteiger partial charge in [-0.3, -0.25) is 14.3 Å². The van der Waals surface area contributed by atoms with Gasteiger partial charge in [-0.2, -0.15) is 4.98 Å². The molecule has 0 spiro atoms. The summed E-state index contributed by atoms with van der Waals surface area (Å²) in [6.45, 7) is 0.418. The van der Waals surface area contributed by atoms with Crippen molar-refractivity contribution in [1.29, 1.82) is 0 Å². The molecule has 1 N–H and O–H groups in total. The third kappa shape index (κ3) is 4.16.